The van der Waals surface area contributed by atoms with Gasteiger partial charge in [0.2, 0.25) is 0 Å². The van der Waals surface area contributed by atoms with Crippen molar-refractivity contribution in [3.63, 3.8) is 0 Å². The number of carbonyl (C=O) groups excluding carboxylic acids is 1. The minimum atomic E-state index is -0.401. The SMILES string of the molecule is CC(C)(C)OC(=O)N1CCCCC2(CCCNCCC2)C1. The van der Waals surface area contributed by atoms with E-state index in [9.17, 15) is 4.79 Å². The van der Waals surface area contributed by atoms with Gasteiger partial charge < -0.3 is 15.0 Å². The van der Waals surface area contributed by atoms with E-state index in [4.69, 9.17) is 4.74 Å². The number of amides is 1. The molecule has 21 heavy (non-hydrogen) atoms. The third kappa shape index (κ3) is 5.17. The third-order valence-corrected chi connectivity index (χ3v) is 4.68. The van der Waals surface area contributed by atoms with Crippen LogP contribution in [0.1, 0.15) is 65.7 Å². The number of carbonyl (C=O) groups is 1. The largest absolute Gasteiger partial charge is 0.444 e. The van der Waals surface area contributed by atoms with Crippen LogP contribution in [-0.4, -0.2) is 42.8 Å². The van der Waals surface area contributed by atoms with E-state index in [1.54, 1.807) is 0 Å². The van der Waals surface area contributed by atoms with Gasteiger partial charge in [0.25, 0.3) is 0 Å². The molecule has 2 aliphatic heterocycles. The van der Waals surface area contributed by atoms with Crippen LogP contribution in [0.4, 0.5) is 4.79 Å². The van der Waals surface area contributed by atoms with Crippen molar-refractivity contribution in [2.24, 2.45) is 5.41 Å². The molecule has 0 unspecified atom stereocenters. The molecule has 2 saturated heterocycles. The van der Waals surface area contributed by atoms with E-state index in [1.165, 1.54) is 38.5 Å². The summed E-state index contributed by atoms with van der Waals surface area (Å²) in [6, 6.07) is 0. The lowest BCUT2D eigenvalue weighted by molar-refractivity contribution is 0.0156. The van der Waals surface area contributed by atoms with Gasteiger partial charge in [-0.05, 0) is 77.8 Å². The van der Waals surface area contributed by atoms with Crippen LogP contribution >= 0.6 is 0 Å². The molecule has 0 atom stereocenters. The zero-order valence-electron chi connectivity index (χ0n) is 14.0. The molecular weight excluding hydrogens is 264 g/mol. The van der Waals surface area contributed by atoms with Crippen molar-refractivity contribution >= 4 is 6.09 Å². The van der Waals surface area contributed by atoms with E-state index in [-0.39, 0.29) is 6.09 Å². The molecular formula is C17H32N2O2. The van der Waals surface area contributed by atoms with Gasteiger partial charge in [-0.2, -0.15) is 0 Å². The molecule has 0 aromatic heterocycles. The number of nitrogens with zero attached hydrogens (tertiary/aromatic N) is 1. The Labute approximate surface area is 129 Å². The van der Waals surface area contributed by atoms with Gasteiger partial charge in [-0.3, -0.25) is 0 Å². The minimum absolute atomic E-state index is 0.121. The van der Waals surface area contributed by atoms with Crippen molar-refractivity contribution in [1.29, 1.82) is 0 Å². The Kier molecular flexibility index (Phi) is 5.53. The maximum atomic E-state index is 12.4. The van der Waals surface area contributed by atoms with Crippen LogP contribution in [0.2, 0.25) is 0 Å². The van der Waals surface area contributed by atoms with Gasteiger partial charge in [0.15, 0.2) is 0 Å². The van der Waals surface area contributed by atoms with E-state index >= 15 is 0 Å². The van der Waals surface area contributed by atoms with Crippen LogP contribution in [-0.2, 0) is 4.74 Å². The normalized spacial score (nSPS) is 24.0. The minimum Gasteiger partial charge on any atom is -0.444 e. The highest BCUT2D eigenvalue weighted by Crippen LogP contribution is 2.39. The fraction of sp³-hybridized carbons (Fsp3) is 0.941. The molecule has 0 saturated carbocycles. The summed E-state index contributed by atoms with van der Waals surface area (Å²) in [6.45, 7) is 9.82. The Bertz CT molecular complexity index is 341. The maximum absolute atomic E-state index is 12.4. The van der Waals surface area contributed by atoms with Gasteiger partial charge in [0.05, 0.1) is 0 Å². The summed E-state index contributed by atoms with van der Waals surface area (Å²) < 4.78 is 5.60. The van der Waals surface area contributed by atoms with Gasteiger partial charge in [-0.1, -0.05) is 6.42 Å². The summed E-state index contributed by atoms with van der Waals surface area (Å²) in [6.07, 6.45) is 8.42. The second kappa shape index (κ2) is 6.99. The number of hydrogen-bond acceptors (Lipinski definition) is 3. The first-order valence-electron chi connectivity index (χ1n) is 8.59. The van der Waals surface area contributed by atoms with Gasteiger partial charge in [-0.25, -0.2) is 4.79 Å². The van der Waals surface area contributed by atoms with Crippen LogP contribution in [0.5, 0.6) is 0 Å². The Morgan fingerprint density at radius 2 is 1.67 bits per heavy atom. The molecule has 2 heterocycles. The first-order chi connectivity index (χ1) is 9.90. The fourth-order valence-corrected chi connectivity index (χ4v) is 3.68. The van der Waals surface area contributed by atoms with Gasteiger partial charge in [0.1, 0.15) is 5.60 Å². The van der Waals surface area contributed by atoms with E-state index in [1.807, 2.05) is 25.7 Å². The molecule has 1 spiro atoms. The molecule has 0 aromatic rings. The van der Waals surface area contributed by atoms with Crippen LogP contribution in [0.3, 0.4) is 0 Å². The fourth-order valence-electron chi connectivity index (χ4n) is 3.68. The zero-order valence-corrected chi connectivity index (χ0v) is 14.0. The van der Waals surface area contributed by atoms with Crippen LogP contribution in [0.25, 0.3) is 0 Å². The lowest BCUT2D eigenvalue weighted by Gasteiger charge is -2.38. The summed E-state index contributed by atoms with van der Waals surface area (Å²) in [7, 11) is 0. The van der Waals surface area contributed by atoms with Crippen molar-refractivity contribution in [3.05, 3.63) is 0 Å². The molecule has 1 amide bonds. The van der Waals surface area contributed by atoms with Gasteiger partial charge in [0, 0.05) is 13.1 Å². The monoisotopic (exact) mass is 296 g/mol. The van der Waals surface area contributed by atoms with Crippen molar-refractivity contribution in [1.82, 2.24) is 10.2 Å². The van der Waals surface area contributed by atoms with Crippen LogP contribution < -0.4 is 5.32 Å². The Hall–Kier alpha value is -0.770. The number of likely N-dealkylation sites (tertiary alicyclic amines) is 1. The summed E-state index contributed by atoms with van der Waals surface area (Å²) in [5.74, 6) is 0. The van der Waals surface area contributed by atoms with Crippen molar-refractivity contribution in [2.75, 3.05) is 26.2 Å². The van der Waals surface area contributed by atoms with E-state index in [0.29, 0.717) is 5.41 Å². The van der Waals surface area contributed by atoms with Crippen LogP contribution in [0, 0.1) is 5.41 Å². The molecule has 0 bridgehead atoms. The van der Waals surface area contributed by atoms with E-state index in [2.05, 4.69) is 5.32 Å². The summed E-state index contributed by atoms with van der Waals surface area (Å²) in [4.78, 5) is 14.4. The first kappa shape index (κ1) is 16.6. The number of rotatable bonds is 0. The highest BCUT2D eigenvalue weighted by atomic mass is 16.6. The second-order valence-corrected chi connectivity index (χ2v) is 7.82. The molecule has 2 aliphatic rings. The van der Waals surface area contributed by atoms with Crippen molar-refractivity contribution in [2.45, 2.75) is 71.3 Å². The predicted octanol–water partition coefficient (Wildman–Crippen LogP) is 3.56. The number of nitrogens with one attached hydrogen (secondary N) is 1. The highest BCUT2D eigenvalue weighted by molar-refractivity contribution is 5.68. The van der Waals surface area contributed by atoms with Crippen molar-refractivity contribution < 1.29 is 9.53 Å². The Morgan fingerprint density at radius 1 is 1.05 bits per heavy atom. The first-order valence-corrected chi connectivity index (χ1v) is 8.59. The standard InChI is InChI=1S/C17H32N2O2/c1-16(2,3)21-15(20)19-13-5-4-8-17(14-19)9-6-11-18-12-7-10-17/h18H,4-14H2,1-3H3. The van der Waals surface area contributed by atoms with E-state index in [0.717, 1.165) is 32.6 Å². The van der Waals surface area contributed by atoms with E-state index < -0.39 is 5.60 Å². The zero-order chi connectivity index (χ0) is 15.3. The third-order valence-electron chi connectivity index (χ3n) is 4.68. The molecule has 1 N–H and O–H groups in total. The van der Waals surface area contributed by atoms with Gasteiger partial charge in [-0.15, -0.1) is 0 Å². The molecule has 0 radical (unpaired) electrons. The Morgan fingerprint density at radius 3 is 2.29 bits per heavy atom. The number of hydrogen-bond donors (Lipinski definition) is 1. The molecule has 122 valence electrons. The lowest BCUT2D eigenvalue weighted by atomic mass is 9.74. The molecule has 0 aliphatic carbocycles. The van der Waals surface area contributed by atoms with Crippen molar-refractivity contribution in [3.8, 4) is 0 Å². The second-order valence-electron chi connectivity index (χ2n) is 7.82. The van der Waals surface area contributed by atoms with Crippen LogP contribution in [0.15, 0.2) is 0 Å². The number of ether oxygens (including phenoxy) is 1. The lowest BCUT2D eigenvalue weighted by Crippen LogP contribution is -2.43. The average molecular weight is 296 g/mol. The molecule has 2 fully saturated rings. The Balaban J connectivity index is 2.04. The smallest absolute Gasteiger partial charge is 0.410 e. The maximum Gasteiger partial charge on any atom is 0.410 e. The van der Waals surface area contributed by atoms with Gasteiger partial charge >= 0.3 is 6.09 Å². The average Bonchev–Trinajstić information content (AvgIpc) is 2.56. The highest BCUT2D eigenvalue weighted by Gasteiger charge is 2.36. The summed E-state index contributed by atoms with van der Waals surface area (Å²) >= 11 is 0. The molecule has 2 rings (SSSR count). The molecule has 4 nitrogen and oxygen atoms in total. The predicted molar refractivity (Wildman–Crippen MR) is 85.4 cm³/mol. The summed E-state index contributed by atoms with van der Waals surface area (Å²) in [5, 5.41) is 3.48. The quantitative estimate of drug-likeness (QED) is 0.743. The molecule has 0 aromatic carbocycles. The molecule has 4 heteroatoms. The topological polar surface area (TPSA) is 41.6 Å². The summed E-state index contributed by atoms with van der Waals surface area (Å²) in [5.41, 5.74) is -0.0725.